The minimum absolute atomic E-state index is 0.0451. The fraction of sp³-hybridized carbons (Fsp3) is 0.347. The number of ether oxygens (including phenoxy) is 2. The average Bonchev–Trinajstić information content (AvgIpc) is 4.09. The lowest BCUT2D eigenvalue weighted by atomic mass is 9.92. The molecule has 62 heavy (non-hydrogen) atoms. The maximum Gasteiger partial charge on any atom is 0.250 e. The first kappa shape index (κ1) is 40.6. The number of aromatic amines is 2. The number of nitrogens with zero attached hydrogens (tertiary/aromatic N) is 4. The lowest BCUT2D eigenvalue weighted by molar-refractivity contribution is -0.136. The third kappa shape index (κ3) is 7.49. The number of imidazole rings is 2. The number of amides is 2. The third-order valence-corrected chi connectivity index (χ3v) is 12.7. The molecule has 0 saturated carbocycles. The number of methoxy groups -OCH3 is 1. The quantitative estimate of drug-likeness (QED) is 0.0761. The van der Waals surface area contributed by atoms with Gasteiger partial charge in [-0.3, -0.25) is 9.59 Å². The first-order chi connectivity index (χ1) is 29.9. The molecule has 2 saturated heterocycles. The highest BCUT2D eigenvalue weighted by atomic mass is 16.5. The fourth-order valence-electron chi connectivity index (χ4n) is 9.57. The molecule has 0 radical (unpaired) electrons. The number of benzene rings is 4. The Morgan fingerprint density at radius 3 is 2.32 bits per heavy atom. The van der Waals surface area contributed by atoms with Crippen LogP contribution in [0.5, 0.6) is 5.75 Å². The monoisotopic (exact) mass is 834 g/mol. The molecule has 320 valence electrons. The molecule has 2 aromatic heterocycles. The molecule has 2 fully saturated rings. The molecule has 3 aliphatic rings. The number of fused-ring (bicyclic) bond motifs is 6. The molecule has 13 heteroatoms. The number of hydrogen-bond acceptors (Lipinski definition) is 9. The molecule has 6 atom stereocenters. The molecule has 3 aliphatic heterocycles. The van der Waals surface area contributed by atoms with Crippen LogP contribution in [-0.4, -0.2) is 72.9 Å². The van der Waals surface area contributed by atoms with Crippen LogP contribution in [0.3, 0.4) is 0 Å². The summed E-state index contributed by atoms with van der Waals surface area (Å²) >= 11 is 0. The molecule has 6 aromatic rings. The predicted molar refractivity (Wildman–Crippen MR) is 239 cm³/mol. The van der Waals surface area contributed by atoms with Crippen LogP contribution in [0.4, 0.5) is 0 Å². The standard InChI is InChI=1S/C49H54N8O5/c1-26(2)43(51-29(5)58)48(59)56-23-27(3)17-40(56)46-50-22-39(54-46)33-13-15-35-34(19-33)25-62-42-21-36-32(20-37(35)42)14-16-38-45(36)55-47(53-38)41-18-28(4)24-57(41)49(60)44(52-30(6)61-7)31-11-9-8-10-12-31/h8-16,19-22,26-28,40-41,43-44,51-52,58H,5-6,17-18,23-25H2,1-4,7H3,(H,50,54)(H,53,55)/t27-,28-,40-,41-,43-,44+/m0/s1. The molecule has 9 rings (SSSR count). The highest BCUT2D eigenvalue weighted by Crippen LogP contribution is 2.44. The Hall–Kier alpha value is -6.76. The van der Waals surface area contributed by atoms with Crippen molar-refractivity contribution in [3.05, 3.63) is 127 Å². The molecule has 4 aromatic carbocycles. The van der Waals surface area contributed by atoms with E-state index in [9.17, 15) is 14.7 Å². The fourth-order valence-corrected chi connectivity index (χ4v) is 9.57. The van der Waals surface area contributed by atoms with E-state index in [4.69, 9.17) is 19.4 Å². The minimum atomic E-state index is -0.661. The zero-order valence-corrected chi connectivity index (χ0v) is 35.9. The Kier molecular flexibility index (Phi) is 10.7. The van der Waals surface area contributed by atoms with Gasteiger partial charge in [-0.2, -0.15) is 0 Å². The summed E-state index contributed by atoms with van der Waals surface area (Å²) in [6.45, 7) is 17.3. The van der Waals surface area contributed by atoms with Gasteiger partial charge in [-0.05, 0) is 95.7 Å². The second kappa shape index (κ2) is 16.3. The van der Waals surface area contributed by atoms with E-state index in [1.807, 2.05) is 60.2 Å². The third-order valence-electron chi connectivity index (χ3n) is 12.7. The summed E-state index contributed by atoms with van der Waals surface area (Å²) in [7, 11) is 1.54. The van der Waals surface area contributed by atoms with Gasteiger partial charge in [-0.1, -0.05) is 76.2 Å². The van der Waals surface area contributed by atoms with Crippen molar-refractivity contribution < 1.29 is 24.2 Å². The summed E-state index contributed by atoms with van der Waals surface area (Å²) in [6, 6.07) is 22.8. The van der Waals surface area contributed by atoms with Crippen LogP contribution >= 0.6 is 0 Å². The van der Waals surface area contributed by atoms with E-state index in [1.54, 1.807) is 0 Å². The number of carbonyl (C=O) groups is 2. The summed E-state index contributed by atoms with van der Waals surface area (Å²) in [5.74, 6) is 2.79. The van der Waals surface area contributed by atoms with Crippen molar-refractivity contribution >= 4 is 33.6 Å². The predicted octanol–water partition coefficient (Wildman–Crippen LogP) is 8.58. The van der Waals surface area contributed by atoms with Crippen LogP contribution < -0.4 is 15.4 Å². The summed E-state index contributed by atoms with van der Waals surface area (Å²) < 4.78 is 11.8. The van der Waals surface area contributed by atoms with Crippen LogP contribution in [0.15, 0.2) is 104 Å². The largest absolute Gasteiger partial charge is 0.495 e. The summed E-state index contributed by atoms with van der Waals surface area (Å²) in [5.41, 5.74) is 7.59. The van der Waals surface area contributed by atoms with Gasteiger partial charge in [-0.15, -0.1) is 0 Å². The van der Waals surface area contributed by atoms with Crippen molar-refractivity contribution in [3.63, 3.8) is 0 Å². The van der Waals surface area contributed by atoms with E-state index >= 15 is 0 Å². The number of hydrogen-bond donors (Lipinski definition) is 5. The van der Waals surface area contributed by atoms with Gasteiger partial charge in [0, 0.05) is 24.0 Å². The van der Waals surface area contributed by atoms with Crippen molar-refractivity contribution in [2.45, 2.75) is 71.3 Å². The Balaban J connectivity index is 0.977. The van der Waals surface area contributed by atoms with E-state index in [-0.39, 0.29) is 41.6 Å². The van der Waals surface area contributed by atoms with Crippen molar-refractivity contribution in [1.29, 1.82) is 0 Å². The number of aliphatic hydroxyl groups is 1. The first-order valence-corrected chi connectivity index (χ1v) is 21.4. The molecule has 0 aliphatic carbocycles. The zero-order chi connectivity index (χ0) is 43.4. The van der Waals surface area contributed by atoms with E-state index in [0.717, 1.165) is 85.6 Å². The zero-order valence-electron chi connectivity index (χ0n) is 35.9. The SMILES string of the molecule is C=C(O)N[C@H](C(=O)N1C[C@@H](C)C[C@H]1c1ncc(-c2ccc3c(c2)COc2cc4c(ccc5[nH]c([C@@H]6C[C@H](C)CN6C(=O)[C@H](NC(=C)OC)c6ccccc6)nc54)cc2-3)[nH]1)C(C)C. The molecule has 0 unspecified atom stereocenters. The van der Waals surface area contributed by atoms with Gasteiger partial charge in [0.25, 0.3) is 0 Å². The van der Waals surface area contributed by atoms with Gasteiger partial charge < -0.3 is 45.0 Å². The van der Waals surface area contributed by atoms with Crippen LogP contribution in [0.2, 0.25) is 0 Å². The summed E-state index contributed by atoms with van der Waals surface area (Å²) in [6.07, 6.45) is 3.41. The summed E-state index contributed by atoms with van der Waals surface area (Å²) in [4.78, 5) is 49.0. The molecule has 0 spiro atoms. The van der Waals surface area contributed by atoms with Gasteiger partial charge in [0.05, 0.1) is 42.1 Å². The first-order valence-electron chi connectivity index (χ1n) is 21.4. The number of nitrogens with one attached hydrogen (secondary N) is 4. The molecular formula is C49H54N8O5. The van der Waals surface area contributed by atoms with Gasteiger partial charge in [-0.25, -0.2) is 9.97 Å². The maximum atomic E-state index is 14.4. The average molecular weight is 835 g/mol. The Labute approximate surface area is 361 Å². The van der Waals surface area contributed by atoms with E-state index < -0.39 is 12.1 Å². The number of H-pyrrole nitrogens is 2. The number of rotatable bonds is 12. The van der Waals surface area contributed by atoms with Crippen molar-refractivity contribution in [2.24, 2.45) is 17.8 Å². The second-order valence-corrected chi connectivity index (χ2v) is 17.6. The Bertz CT molecular complexity index is 2700. The highest BCUT2D eigenvalue weighted by molar-refractivity contribution is 6.07. The van der Waals surface area contributed by atoms with Crippen molar-refractivity contribution in [2.75, 3.05) is 20.2 Å². The Morgan fingerprint density at radius 2 is 1.61 bits per heavy atom. The second-order valence-electron chi connectivity index (χ2n) is 17.6. The minimum Gasteiger partial charge on any atom is -0.495 e. The molecule has 5 N–H and O–H groups in total. The van der Waals surface area contributed by atoms with Gasteiger partial charge >= 0.3 is 0 Å². The van der Waals surface area contributed by atoms with Gasteiger partial charge in [0.2, 0.25) is 11.8 Å². The molecular weight excluding hydrogens is 781 g/mol. The topological polar surface area (TPSA) is 161 Å². The lowest BCUT2D eigenvalue weighted by Crippen LogP contribution is -2.48. The normalized spacial score (nSPS) is 20.4. The number of carbonyl (C=O) groups excluding carboxylic acids is 2. The van der Waals surface area contributed by atoms with E-state index in [0.29, 0.717) is 31.5 Å². The van der Waals surface area contributed by atoms with Crippen LogP contribution in [0.1, 0.15) is 81.4 Å². The number of likely N-dealkylation sites (tertiary alicyclic amines) is 2. The van der Waals surface area contributed by atoms with Crippen molar-refractivity contribution in [1.82, 2.24) is 40.4 Å². The Morgan fingerprint density at radius 1 is 0.887 bits per heavy atom. The van der Waals surface area contributed by atoms with E-state index in [1.165, 1.54) is 7.11 Å². The van der Waals surface area contributed by atoms with Gasteiger partial charge in [0.1, 0.15) is 36.1 Å². The lowest BCUT2D eigenvalue weighted by Gasteiger charge is -2.30. The molecule has 2 amide bonds. The number of aliphatic hydroxyl groups excluding tert-OH is 1. The smallest absolute Gasteiger partial charge is 0.250 e. The molecule has 5 heterocycles. The molecule has 0 bridgehead atoms. The maximum absolute atomic E-state index is 14.4. The number of aromatic nitrogens is 4. The van der Waals surface area contributed by atoms with E-state index in [2.05, 4.69) is 90.1 Å². The van der Waals surface area contributed by atoms with Crippen molar-refractivity contribution in [3.8, 4) is 28.1 Å². The highest BCUT2D eigenvalue weighted by Gasteiger charge is 2.41. The summed E-state index contributed by atoms with van der Waals surface area (Å²) in [5, 5.41) is 17.9. The van der Waals surface area contributed by atoms with Crippen LogP contribution in [-0.2, 0) is 20.9 Å². The van der Waals surface area contributed by atoms with Crippen LogP contribution in [0.25, 0.3) is 44.2 Å². The van der Waals surface area contributed by atoms with Gasteiger partial charge in [0.15, 0.2) is 11.8 Å². The molecule has 13 nitrogen and oxygen atoms in total. The van der Waals surface area contributed by atoms with Crippen LogP contribution in [0, 0.1) is 17.8 Å².